The summed E-state index contributed by atoms with van der Waals surface area (Å²) in [7, 11) is 0. The largest absolute Gasteiger partial charge is 0.309 e. The van der Waals surface area contributed by atoms with Crippen LogP contribution in [0.1, 0.15) is 0 Å². The minimum absolute atomic E-state index is 1.17. The van der Waals surface area contributed by atoms with E-state index in [0.717, 1.165) is 0 Å². The molecule has 11 aromatic carbocycles. The second kappa shape index (κ2) is 12.5. The molecule has 0 spiro atoms. The molecule has 0 radical (unpaired) electrons. The van der Waals surface area contributed by atoms with Gasteiger partial charge in [0, 0.05) is 16.5 Å². The van der Waals surface area contributed by atoms with E-state index >= 15 is 0 Å². The molecular formula is C56H35N. The lowest BCUT2D eigenvalue weighted by Crippen LogP contribution is -1.94. The van der Waals surface area contributed by atoms with Gasteiger partial charge in [-0.1, -0.05) is 158 Å². The summed E-state index contributed by atoms with van der Waals surface area (Å²) >= 11 is 0. The van der Waals surface area contributed by atoms with E-state index < -0.39 is 0 Å². The molecule has 12 rings (SSSR count). The van der Waals surface area contributed by atoms with Crippen molar-refractivity contribution in [2.45, 2.75) is 0 Å². The predicted octanol–water partition coefficient (Wildman–Crippen LogP) is 15.6. The number of nitrogens with zero attached hydrogens (tertiary/aromatic N) is 1. The van der Waals surface area contributed by atoms with Gasteiger partial charge in [0.05, 0.1) is 11.0 Å². The summed E-state index contributed by atoms with van der Waals surface area (Å²) in [5, 5.41) is 15.1. The van der Waals surface area contributed by atoms with E-state index in [0.29, 0.717) is 0 Å². The van der Waals surface area contributed by atoms with Gasteiger partial charge in [-0.3, -0.25) is 0 Å². The van der Waals surface area contributed by atoms with Crippen LogP contribution >= 0.6 is 0 Å². The van der Waals surface area contributed by atoms with Gasteiger partial charge in [0.2, 0.25) is 0 Å². The molecule has 0 aliphatic carbocycles. The van der Waals surface area contributed by atoms with Crippen LogP contribution in [-0.4, -0.2) is 4.57 Å². The van der Waals surface area contributed by atoms with Crippen LogP contribution in [0.5, 0.6) is 0 Å². The molecule has 0 atom stereocenters. The average Bonchev–Trinajstić information content (AvgIpc) is 3.61. The molecular weight excluding hydrogens is 687 g/mol. The molecule has 0 N–H and O–H groups in total. The summed E-state index contributed by atoms with van der Waals surface area (Å²) < 4.78 is 2.40. The minimum atomic E-state index is 1.17. The summed E-state index contributed by atoms with van der Waals surface area (Å²) in [6.07, 6.45) is 0. The number of fused-ring (bicyclic) bond motifs is 8. The molecule has 1 nitrogen and oxygen atoms in total. The van der Waals surface area contributed by atoms with Crippen molar-refractivity contribution >= 4 is 75.7 Å². The highest BCUT2D eigenvalue weighted by atomic mass is 15.0. The zero-order chi connectivity index (χ0) is 37.5. The van der Waals surface area contributed by atoms with Gasteiger partial charge in [-0.25, -0.2) is 0 Å². The third-order valence-electron chi connectivity index (χ3n) is 12.1. The third kappa shape index (κ3) is 5.03. The molecule has 0 amide bonds. The highest BCUT2D eigenvalue weighted by molar-refractivity contribution is 6.22. The smallest absolute Gasteiger partial charge is 0.0541 e. The summed E-state index contributed by atoms with van der Waals surface area (Å²) in [6.45, 7) is 0. The highest BCUT2D eigenvalue weighted by Gasteiger charge is 2.19. The standard InChI is InChI=1S/C56H35N/c1-2-12-36(13-3-1)55-49-18-6-7-19-50(49)56(51-29-27-43(35-52(51)55)39-22-23-41-30-37-14-4-5-15-38(37)32-45(41)33-39)44-25-24-42-34-46(28-26-40(42)31-44)57-53-20-10-8-16-47(53)48-17-9-11-21-54(48)57/h1-35H. The maximum Gasteiger partial charge on any atom is 0.0541 e. The molecule has 0 bridgehead atoms. The van der Waals surface area contributed by atoms with Crippen molar-refractivity contribution in [3.05, 3.63) is 212 Å². The molecule has 57 heavy (non-hydrogen) atoms. The van der Waals surface area contributed by atoms with Crippen LogP contribution in [0.15, 0.2) is 212 Å². The van der Waals surface area contributed by atoms with Gasteiger partial charge in [0.25, 0.3) is 0 Å². The Morgan fingerprint density at radius 3 is 1.40 bits per heavy atom. The molecule has 12 aromatic rings. The zero-order valence-corrected chi connectivity index (χ0v) is 31.2. The van der Waals surface area contributed by atoms with Crippen LogP contribution in [0.25, 0.3) is 115 Å². The van der Waals surface area contributed by atoms with Crippen LogP contribution in [-0.2, 0) is 0 Å². The van der Waals surface area contributed by atoms with Crippen LogP contribution in [0.3, 0.4) is 0 Å². The van der Waals surface area contributed by atoms with Gasteiger partial charge in [0.1, 0.15) is 0 Å². The van der Waals surface area contributed by atoms with E-state index in [1.54, 1.807) is 0 Å². The number of aromatic nitrogens is 1. The number of rotatable bonds is 4. The Kier molecular flexibility index (Phi) is 7.00. The van der Waals surface area contributed by atoms with E-state index in [-0.39, 0.29) is 0 Å². The summed E-state index contributed by atoms with van der Waals surface area (Å²) in [4.78, 5) is 0. The second-order valence-electron chi connectivity index (χ2n) is 15.3. The fourth-order valence-corrected chi connectivity index (χ4v) is 9.43. The first kappa shape index (κ1) is 31.8. The van der Waals surface area contributed by atoms with Crippen molar-refractivity contribution in [2.24, 2.45) is 0 Å². The lowest BCUT2D eigenvalue weighted by molar-refractivity contribution is 1.19. The number of benzene rings is 11. The maximum atomic E-state index is 2.43. The molecule has 0 saturated heterocycles. The molecule has 0 aliphatic heterocycles. The molecule has 264 valence electrons. The first-order valence-electron chi connectivity index (χ1n) is 19.7. The Morgan fingerprint density at radius 2 is 0.684 bits per heavy atom. The Bertz CT molecular complexity index is 3520. The Morgan fingerprint density at radius 1 is 0.228 bits per heavy atom. The van der Waals surface area contributed by atoms with Crippen molar-refractivity contribution in [1.82, 2.24) is 4.57 Å². The Hall–Kier alpha value is -7.48. The second-order valence-corrected chi connectivity index (χ2v) is 15.3. The van der Waals surface area contributed by atoms with Crippen molar-refractivity contribution in [2.75, 3.05) is 0 Å². The molecule has 1 heteroatoms. The van der Waals surface area contributed by atoms with Gasteiger partial charge >= 0.3 is 0 Å². The first-order chi connectivity index (χ1) is 28.2. The van der Waals surface area contributed by atoms with Gasteiger partial charge < -0.3 is 4.57 Å². The molecule has 0 fully saturated rings. The highest BCUT2D eigenvalue weighted by Crippen LogP contribution is 2.45. The lowest BCUT2D eigenvalue weighted by Gasteiger charge is -2.19. The maximum absolute atomic E-state index is 2.43. The number of para-hydroxylation sites is 2. The van der Waals surface area contributed by atoms with Gasteiger partial charge in [-0.15, -0.1) is 0 Å². The Balaban J connectivity index is 1.06. The molecule has 0 aliphatic rings. The minimum Gasteiger partial charge on any atom is -0.309 e. The van der Waals surface area contributed by atoms with E-state index in [1.807, 2.05) is 0 Å². The van der Waals surface area contributed by atoms with E-state index in [1.165, 1.54) is 115 Å². The molecule has 0 saturated carbocycles. The van der Waals surface area contributed by atoms with Crippen molar-refractivity contribution in [1.29, 1.82) is 0 Å². The fourth-order valence-electron chi connectivity index (χ4n) is 9.43. The summed E-state index contributed by atoms with van der Waals surface area (Å²) in [6, 6.07) is 78.5. The monoisotopic (exact) mass is 721 g/mol. The van der Waals surface area contributed by atoms with Crippen LogP contribution in [0, 0.1) is 0 Å². The van der Waals surface area contributed by atoms with Gasteiger partial charge in [-0.05, 0) is 142 Å². The number of hydrogen-bond donors (Lipinski definition) is 0. The predicted molar refractivity (Wildman–Crippen MR) is 245 cm³/mol. The molecule has 1 heterocycles. The third-order valence-corrected chi connectivity index (χ3v) is 12.1. The normalized spacial score (nSPS) is 11.9. The van der Waals surface area contributed by atoms with E-state index in [9.17, 15) is 0 Å². The van der Waals surface area contributed by atoms with Crippen LogP contribution in [0.4, 0.5) is 0 Å². The summed E-state index contributed by atoms with van der Waals surface area (Å²) in [5.41, 5.74) is 11.0. The van der Waals surface area contributed by atoms with E-state index in [2.05, 4.69) is 217 Å². The van der Waals surface area contributed by atoms with Crippen molar-refractivity contribution < 1.29 is 0 Å². The van der Waals surface area contributed by atoms with Crippen molar-refractivity contribution in [3.8, 4) is 39.1 Å². The topological polar surface area (TPSA) is 4.93 Å². The summed E-state index contributed by atoms with van der Waals surface area (Å²) in [5.74, 6) is 0. The SMILES string of the molecule is c1ccc(-c2c3ccccc3c(-c3ccc4cc(-n5c6ccccc6c6ccccc65)ccc4c3)c3ccc(-c4ccc5cc6ccccc6cc5c4)cc23)cc1. The molecule has 0 unspecified atom stereocenters. The fraction of sp³-hybridized carbons (Fsp3) is 0. The Labute approximate surface area is 330 Å². The van der Waals surface area contributed by atoms with Crippen molar-refractivity contribution in [3.63, 3.8) is 0 Å². The average molecular weight is 722 g/mol. The van der Waals surface area contributed by atoms with Crippen LogP contribution < -0.4 is 0 Å². The van der Waals surface area contributed by atoms with E-state index in [4.69, 9.17) is 0 Å². The lowest BCUT2D eigenvalue weighted by atomic mass is 9.84. The van der Waals surface area contributed by atoms with Gasteiger partial charge in [0.15, 0.2) is 0 Å². The first-order valence-corrected chi connectivity index (χ1v) is 19.7. The number of hydrogen-bond acceptors (Lipinski definition) is 0. The van der Waals surface area contributed by atoms with Gasteiger partial charge in [-0.2, -0.15) is 0 Å². The van der Waals surface area contributed by atoms with Crippen LogP contribution in [0.2, 0.25) is 0 Å². The molecule has 1 aromatic heterocycles. The zero-order valence-electron chi connectivity index (χ0n) is 31.2. The quantitative estimate of drug-likeness (QED) is 0.160.